The third-order valence-electron chi connectivity index (χ3n) is 3.05. The highest BCUT2D eigenvalue weighted by Crippen LogP contribution is 2.17. The molecule has 0 aliphatic carbocycles. The Morgan fingerprint density at radius 1 is 1.46 bits per heavy atom. The van der Waals surface area contributed by atoms with Gasteiger partial charge in [-0.1, -0.05) is 20.3 Å². The molecule has 0 aromatic carbocycles. The third-order valence-corrected chi connectivity index (χ3v) is 3.05. The van der Waals surface area contributed by atoms with Gasteiger partial charge in [0, 0.05) is 0 Å². The van der Waals surface area contributed by atoms with Crippen molar-refractivity contribution in [3.63, 3.8) is 0 Å². The van der Waals surface area contributed by atoms with Gasteiger partial charge < -0.3 is 0 Å². The van der Waals surface area contributed by atoms with E-state index in [1.54, 1.807) is 5.84 Å². The number of rotatable bonds is 4. The predicted molar refractivity (Wildman–Crippen MR) is 57.4 cm³/mol. The SMILES string of the molecule is CCCC(CC)C1=[N+](C)CCN1C. The van der Waals surface area contributed by atoms with E-state index < -0.39 is 0 Å². The highest BCUT2D eigenvalue weighted by Gasteiger charge is 2.30. The van der Waals surface area contributed by atoms with E-state index in [4.69, 9.17) is 0 Å². The standard InChI is InChI=1S/C11H23N2/c1-5-7-10(6-2)11-12(3)8-9-13(11)4/h10H,5-9H2,1-4H3/q+1. The minimum atomic E-state index is 0.780. The molecule has 0 saturated carbocycles. The monoisotopic (exact) mass is 183 g/mol. The lowest BCUT2D eigenvalue weighted by molar-refractivity contribution is -0.489. The summed E-state index contributed by atoms with van der Waals surface area (Å²) < 4.78 is 2.42. The van der Waals surface area contributed by atoms with Gasteiger partial charge in [-0.15, -0.1) is 0 Å². The zero-order valence-corrected chi connectivity index (χ0v) is 9.51. The Morgan fingerprint density at radius 3 is 2.54 bits per heavy atom. The van der Waals surface area contributed by atoms with Gasteiger partial charge in [-0.05, 0) is 12.8 Å². The number of likely N-dealkylation sites (N-methyl/N-ethyl adjacent to an activating group) is 2. The van der Waals surface area contributed by atoms with Crippen molar-refractivity contribution in [2.45, 2.75) is 33.1 Å². The Kier molecular flexibility index (Phi) is 3.76. The normalized spacial score (nSPS) is 19.8. The van der Waals surface area contributed by atoms with Crippen molar-refractivity contribution in [1.29, 1.82) is 0 Å². The molecule has 1 heterocycles. The molecule has 0 aromatic rings. The maximum atomic E-state index is 2.42. The number of amidine groups is 1. The van der Waals surface area contributed by atoms with Gasteiger partial charge in [-0.3, -0.25) is 9.48 Å². The Labute approximate surface area is 82.2 Å². The van der Waals surface area contributed by atoms with Crippen LogP contribution in [0.15, 0.2) is 0 Å². The van der Waals surface area contributed by atoms with E-state index in [-0.39, 0.29) is 0 Å². The summed E-state index contributed by atoms with van der Waals surface area (Å²) in [6.45, 7) is 6.98. The third kappa shape index (κ3) is 2.23. The molecular formula is C11H23N2+. The molecule has 13 heavy (non-hydrogen) atoms. The molecule has 0 N–H and O–H groups in total. The smallest absolute Gasteiger partial charge is 0.249 e. The largest absolute Gasteiger partial charge is 0.264 e. The van der Waals surface area contributed by atoms with Crippen LogP contribution in [0.4, 0.5) is 0 Å². The van der Waals surface area contributed by atoms with E-state index in [2.05, 4.69) is 37.4 Å². The van der Waals surface area contributed by atoms with Crippen LogP contribution in [0.25, 0.3) is 0 Å². The molecule has 0 amide bonds. The van der Waals surface area contributed by atoms with Crippen LogP contribution in [0.3, 0.4) is 0 Å². The molecule has 1 rings (SSSR count). The van der Waals surface area contributed by atoms with Crippen molar-refractivity contribution in [3.8, 4) is 0 Å². The molecule has 0 radical (unpaired) electrons. The van der Waals surface area contributed by atoms with Crippen LogP contribution in [0, 0.1) is 5.92 Å². The van der Waals surface area contributed by atoms with Crippen LogP contribution in [-0.2, 0) is 0 Å². The minimum absolute atomic E-state index is 0.780. The van der Waals surface area contributed by atoms with E-state index in [0.29, 0.717) is 0 Å². The zero-order valence-electron chi connectivity index (χ0n) is 9.51. The van der Waals surface area contributed by atoms with E-state index >= 15 is 0 Å². The molecule has 0 aromatic heterocycles. The molecule has 0 spiro atoms. The zero-order chi connectivity index (χ0) is 9.84. The maximum Gasteiger partial charge on any atom is 0.249 e. The molecule has 0 fully saturated rings. The average molecular weight is 183 g/mol. The van der Waals surface area contributed by atoms with E-state index in [1.165, 1.54) is 32.4 Å². The van der Waals surface area contributed by atoms with Crippen molar-refractivity contribution in [3.05, 3.63) is 0 Å². The second-order valence-electron chi connectivity index (χ2n) is 4.10. The topological polar surface area (TPSA) is 6.25 Å². The Bertz CT molecular complexity index is 196. The second-order valence-corrected chi connectivity index (χ2v) is 4.10. The molecule has 2 nitrogen and oxygen atoms in total. The van der Waals surface area contributed by atoms with E-state index in [1.807, 2.05) is 0 Å². The Hall–Kier alpha value is -0.530. The van der Waals surface area contributed by atoms with Gasteiger partial charge in [-0.2, -0.15) is 0 Å². The quantitative estimate of drug-likeness (QED) is 0.602. The van der Waals surface area contributed by atoms with E-state index in [9.17, 15) is 0 Å². The summed E-state index contributed by atoms with van der Waals surface area (Å²) in [5, 5.41) is 0. The second kappa shape index (κ2) is 4.64. The molecular weight excluding hydrogens is 160 g/mol. The first-order valence-electron chi connectivity index (χ1n) is 5.49. The number of nitrogens with zero attached hydrogens (tertiary/aromatic N) is 2. The average Bonchev–Trinajstić information content (AvgIpc) is 2.43. The lowest BCUT2D eigenvalue weighted by Gasteiger charge is -2.16. The number of hydrogen-bond donors (Lipinski definition) is 0. The van der Waals surface area contributed by atoms with Crippen LogP contribution < -0.4 is 0 Å². The van der Waals surface area contributed by atoms with Crippen LogP contribution in [-0.4, -0.2) is 42.5 Å². The molecule has 1 aliphatic heterocycles. The summed E-state index contributed by atoms with van der Waals surface area (Å²) >= 11 is 0. The highest BCUT2D eigenvalue weighted by atomic mass is 15.3. The fraction of sp³-hybridized carbons (Fsp3) is 0.909. The van der Waals surface area contributed by atoms with Crippen LogP contribution in [0.2, 0.25) is 0 Å². The van der Waals surface area contributed by atoms with Crippen molar-refractivity contribution < 1.29 is 4.58 Å². The fourth-order valence-electron chi connectivity index (χ4n) is 2.31. The first-order chi connectivity index (χ1) is 6.20. The summed E-state index contributed by atoms with van der Waals surface area (Å²) in [5.41, 5.74) is 0. The van der Waals surface area contributed by atoms with Gasteiger partial charge in [0.2, 0.25) is 5.84 Å². The summed E-state index contributed by atoms with van der Waals surface area (Å²) in [5.74, 6) is 2.34. The van der Waals surface area contributed by atoms with Gasteiger partial charge in [0.25, 0.3) is 0 Å². The molecule has 1 atom stereocenters. The van der Waals surface area contributed by atoms with Crippen molar-refractivity contribution in [1.82, 2.24) is 4.90 Å². The number of hydrogen-bond acceptors (Lipinski definition) is 1. The molecule has 0 bridgehead atoms. The first-order valence-corrected chi connectivity index (χ1v) is 5.49. The van der Waals surface area contributed by atoms with Crippen molar-refractivity contribution >= 4 is 5.84 Å². The highest BCUT2D eigenvalue weighted by molar-refractivity contribution is 5.80. The van der Waals surface area contributed by atoms with Crippen LogP contribution in [0.5, 0.6) is 0 Å². The molecule has 1 aliphatic rings. The Balaban J connectivity index is 2.71. The Morgan fingerprint density at radius 2 is 2.15 bits per heavy atom. The maximum absolute atomic E-state index is 2.42. The lowest BCUT2D eigenvalue weighted by atomic mass is 9.99. The van der Waals surface area contributed by atoms with Gasteiger partial charge in [-0.25, -0.2) is 0 Å². The first kappa shape index (κ1) is 10.6. The summed E-state index contributed by atoms with van der Waals surface area (Å²) in [4.78, 5) is 2.42. The van der Waals surface area contributed by atoms with Crippen molar-refractivity contribution in [2.75, 3.05) is 27.2 Å². The van der Waals surface area contributed by atoms with Gasteiger partial charge in [0.1, 0.15) is 13.1 Å². The fourth-order valence-corrected chi connectivity index (χ4v) is 2.31. The van der Waals surface area contributed by atoms with Gasteiger partial charge in [0.15, 0.2) is 0 Å². The molecule has 76 valence electrons. The predicted octanol–water partition coefficient (Wildman–Crippen LogP) is 1.80. The lowest BCUT2D eigenvalue weighted by Crippen LogP contribution is -2.32. The molecule has 0 saturated heterocycles. The van der Waals surface area contributed by atoms with Gasteiger partial charge >= 0.3 is 0 Å². The van der Waals surface area contributed by atoms with Crippen molar-refractivity contribution in [2.24, 2.45) is 5.92 Å². The van der Waals surface area contributed by atoms with Crippen LogP contribution >= 0.6 is 0 Å². The molecule has 1 unspecified atom stereocenters. The summed E-state index contributed by atoms with van der Waals surface area (Å²) in [7, 11) is 4.44. The summed E-state index contributed by atoms with van der Waals surface area (Å²) in [6, 6.07) is 0. The molecule has 2 heteroatoms. The minimum Gasteiger partial charge on any atom is -0.264 e. The van der Waals surface area contributed by atoms with Crippen LogP contribution in [0.1, 0.15) is 33.1 Å². The van der Waals surface area contributed by atoms with Gasteiger partial charge in [0.05, 0.1) is 20.0 Å². The summed E-state index contributed by atoms with van der Waals surface area (Å²) in [6.07, 6.45) is 3.90. The van der Waals surface area contributed by atoms with E-state index in [0.717, 1.165) is 5.92 Å².